The Labute approximate surface area is 72.3 Å². The van der Waals surface area contributed by atoms with E-state index in [1.807, 2.05) is 0 Å². The average Bonchev–Trinajstić information content (AvgIpc) is 2.52. The van der Waals surface area contributed by atoms with E-state index >= 15 is 0 Å². The van der Waals surface area contributed by atoms with Gasteiger partial charge in [-0.05, 0) is 12.1 Å². The summed E-state index contributed by atoms with van der Waals surface area (Å²) in [6.07, 6.45) is 0. The van der Waals surface area contributed by atoms with Crippen LogP contribution < -0.4 is 5.73 Å². The van der Waals surface area contributed by atoms with Crippen molar-refractivity contribution in [3.63, 3.8) is 0 Å². The van der Waals surface area contributed by atoms with Gasteiger partial charge in [0.25, 0.3) is 0 Å². The molecule has 0 saturated heterocycles. The van der Waals surface area contributed by atoms with Crippen LogP contribution in [-0.2, 0) is 5.54 Å². The predicted molar refractivity (Wildman–Crippen MR) is 37.7 cm³/mol. The van der Waals surface area contributed by atoms with Gasteiger partial charge in [0.2, 0.25) is 0 Å². The number of tetrazole rings is 1. The number of aromatic nitrogens is 4. The Balaban J connectivity index is 2.91. The minimum absolute atomic E-state index is 0.115. The van der Waals surface area contributed by atoms with Gasteiger partial charge in [0, 0.05) is 0 Å². The summed E-state index contributed by atoms with van der Waals surface area (Å²) in [6, 6.07) is 0. The van der Waals surface area contributed by atoms with Crippen molar-refractivity contribution in [2.45, 2.75) is 19.0 Å². The predicted octanol–water partition coefficient (Wildman–Crippen LogP) is -0.766. The number of hydrogen-bond acceptors (Lipinski definition) is 5. The van der Waals surface area contributed by atoms with Crippen molar-refractivity contribution < 1.29 is 13.9 Å². The fourth-order valence-electron chi connectivity index (χ4n) is 0.607. The molecule has 13 heavy (non-hydrogen) atoms. The van der Waals surface area contributed by atoms with Crippen molar-refractivity contribution in [1.29, 1.82) is 0 Å². The van der Waals surface area contributed by atoms with Crippen LogP contribution in [-0.4, -0.2) is 31.9 Å². The second-order valence-electron chi connectivity index (χ2n) is 2.79. The lowest BCUT2D eigenvalue weighted by atomic mass is 10.1. The van der Waals surface area contributed by atoms with E-state index in [2.05, 4.69) is 15.4 Å². The summed E-state index contributed by atoms with van der Waals surface area (Å²) >= 11 is 0. The van der Waals surface area contributed by atoms with Crippen molar-refractivity contribution in [2.75, 3.05) is 6.61 Å². The van der Waals surface area contributed by atoms with Crippen LogP contribution in [0.25, 0.3) is 0 Å². The van der Waals surface area contributed by atoms with Crippen LogP contribution in [0, 0.1) is 0 Å². The number of aliphatic hydroxyl groups is 1. The molecule has 3 N–H and O–H groups in total. The second kappa shape index (κ2) is 3.30. The van der Waals surface area contributed by atoms with Gasteiger partial charge in [0.15, 0.2) is 5.82 Å². The van der Waals surface area contributed by atoms with Crippen LogP contribution in [0.2, 0.25) is 0 Å². The van der Waals surface area contributed by atoms with E-state index < -0.39 is 18.7 Å². The summed E-state index contributed by atoms with van der Waals surface area (Å²) in [5.41, 5.74) is 4.23. The molecule has 1 atom stereocenters. The topological polar surface area (TPSA) is 89.9 Å². The third-order valence-electron chi connectivity index (χ3n) is 1.44. The Morgan fingerprint density at radius 1 is 1.69 bits per heavy atom. The highest BCUT2D eigenvalue weighted by Crippen LogP contribution is 2.12. The summed E-state index contributed by atoms with van der Waals surface area (Å²) in [5, 5.41) is 18.4. The molecule has 0 aliphatic rings. The molecule has 1 rings (SSSR count). The van der Waals surface area contributed by atoms with E-state index in [0.29, 0.717) is 0 Å². The molecule has 0 aromatic carbocycles. The summed E-state index contributed by atoms with van der Waals surface area (Å²) in [4.78, 5) is 0.135. The summed E-state index contributed by atoms with van der Waals surface area (Å²) in [6.45, 7) is -1.88. The van der Waals surface area contributed by atoms with E-state index in [1.54, 1.807) is 0 Å². The molecule has 0 saturated carbocycles. The van der Waals surface area contributed by atoms with E-state index in [1.165, 1.54) is 6.92 Å². The first kappa shape index (κ1) is 9.93. The van der Waals surface area contributed by atoms with Gasteiger partial charge in [-0.15, -0.1) is 10.2 Å². The largest absolute Gasteiger partial charge is 0.394 e. The number of nitrogens with zero attached hydrogens (tertiary/aromatic N) is 4. The average molecular weight is 193 g/mol. The van der Waals surface area contributed by atoms with Crippen LogP contribution in [0.15, 0.2) is 0 Å². The van der Waals surface area contributed by atoms with E-state index in [0.717, 1.165) is 0 Å². The van der Waals surface area contributed by atoms with Gasteiger partial charge in [0.1, 0.15) is 5.54 Å². The molecule has 8 heteroatoms. The van der Waals surface area contributed by atoms with E-state index in [-0.39, 0.29) is 10.6 Å². The third-order valence-corrected chi connectivity index (χ3v) is 1.44. The lowest BCUT2D eigenvalue weighted by Gasteiger charge is -2.15. The van der Waals surface area contributed by atoms with Crippen molar-refractivity contribution in [3.05, 3.63) is 5.82 Å². The molecule has 0 aliphatic carbocycles. The zero-order valence-electron chi connectivity index (χ0n) is 6.85. The lowest BCUT2D eigenvalue weighted by molar-refractivity contribution is 0.0389. The Kier molecular flexibility index (Phi) is 2.52. The molecule has 0 radical (unpaired) electrons. The molecule has 0 amide bonds. The molecule has 1 aromatic rings. The fraction of sp³-hybridized carbons (Fsp3) is 0.800. The quantitative estimate of drug-likeness (QED) is 0.658. The number of alkyl halides is 2. The highest BCUT2D eigenvalue weighted by molar-refractivity contribution is 4.97. The van der Waals surface area contributed by atoms with Gasteiger partial charge in [0.05, 0.1) is 6.61 Å². The van der Waals surface area contributed by atoms with E-state index in [4.69, 9.17) is 10.8 Å². The Bertz CT molecular complexity index is 286. The molecule has 74 valence electrons. The normalized spacial score (nSPS) is 16.2. The standard InChI is InChI=1S/C5H9F2N5O/c1-5(8,2-13)3-9-11-12(10-3)4(6)7/h4,13H,2,8H2,1H3. The summed E-state index contributed by atoms with van der Waals surface area (Å²) in [7, 11) is 0. The highest BCUT2D eigenvalue weighted by Gasteiger charge is 2.27. The fourth-order valence-corrected chi connectivity index (χ4v) is 0.607. The Hall–Kier alpha value is -1.15. The molecule has 0 bridgehead atoms. The molecular formula is C5H9F2N5O. The number of hydrogen-bond donors (Lipinski definition) is 2. The zero-order valence-corrected chi connectivity index (χ0v) is 6.85. The van der Waals surface area contributed by atoms with E-state index in [9.17, 15) is 8.78 Å². The minimum atomic E-state index is -2.85. The molecular weight excluding hydrogens is 184 g/mol. The Morgan fingerprint density at radius 3 is 2.69 bits per heavy atom. The molecule has 1 unspecified atom stereocenters. The zero-order chi connectivity index (χ0) is 10.1. The van der Waals surface area contributed by atoms with Crippen LogP contribution in [0.3, 0.4) is 0 Å². The van der Waals surface area contributed by atoms with Gasteiger partial charge >= 0.3 is 6.55 Å². The summed E-state index contributed by atoms with van der Waals surface area (Å²) in [5.74, 6) is -0.115. The molecule has 0 aliphatic heterocycles. The van der Waals surface area contributed by atoms with Gasteiger partial charge < -0.3 is 10.8 Å². The second-order valence-corrected chi connectivity index (χ2v) is 2.79. The van der Waals surface area contributed by atoms with Crippen molar-refractivity contribution in [3.8, 4) is 0 Å². The van der Waals surface area contributed by atoms with Crippen molar-refractivity contribution >= 4 is 0 Å². The van der Waals surface area contributed by atoms with Crippen molar-refractivity contribution in [2.24, 2.45) is 5.73 Å². The molecule has 6 nitrogen and oxygen atoms in total. The maximum Gasteiger partial charge on any atom is 0.350 e. The maximum absolute atomic E-state index is 12.0. The lowest BCUT2D eigenvalue weighted by Crippen LogP contribution is -2.38. The monoisotopic (exact) mass is 193 g/mol. The first-order valence-electron chi connectivity index (χ1n) is 3.45. The van der Waals surface area contributed by atoms with Crippen LogP contribution >= 0.6 is 0 Å². The molecule has 1 aromatic heterocycles. The van der Waals surface area contributed by atoms with Crippen molar-refractivity contribution in [1.82, 2.24) is 20.2 Å². The number of rotatable bonds is 3. The molecule has 1 heterocycles. The highest BCUT2D eigenvalue weighted by atomic mass is 19.3. The number of halogens is 2. The molecule has 0 spiro atoms. The SMILES string of the molecule is CC(N)(CO)c1nnn(C(F)F)n1. The van der Waals surface area contributed by atoms with Crippen LogP contribution in [0.5, 0.6) is 0 Å². The summed E-state index contributed by atoms with van der Waals surface area (Å²) < 4.78 is 23.9. The van der Waals surface area contributed by atoms with Crippen LogP contribution in [0.4, 0.5) is 8.78 Å². The number of nitrogens with two attached hydrogens (primary N) is 1. The molecule has 0 fully saturated rings. The first-order chi connectivity index (χ1) is 5.97. The minimum Gasteiger partial charge on any atom is -0.394 e. The van der Waals surface area contributed by atoms with Gasteiger partial charge in [-0.1, -0.05) is 4.80 Å². The van der Waals surface area contributed by atoms with Gasteiger partial charge in [-0.25, -0.2) is 0 Å². The first-order valence-corrected chi connectivity index (χ1v) is 3.45. The number of aliphatic hydroxyl groups excluding tert-OH is 1. The van der Waals surface area contributed by atoms with Gasteiger partial charge in [-0.2, -0.15) is 8.78 Å². The van der Waals surface area contributed by atoms with Gasteiger partial charge in [-0.3, -0.25) is 0 Å². The smallest absolute Gasteiger partial charge is 0.350 e. The maximum atomic E-state index is 12.0. The Morgan fingerprint density at radius 2 is 2.31 bits per heavy atom. The third kappa shape index (κ3) is 1.95. The van der Waals surface area contributed by atoms with Crippen LogP contribution in [0.1, 0.15) is 19.3 Å².